The SMILES string of the molecule is CC(C)n1ncc2c(C(=O)N3CCN(CC(=O)N4CCOCC4)CC3)cc(-c3ccccc3)nc21. The van der Waals surface area contributed by atoms with E-state index in [4.69, 9.17) is 9.72 Å². The van der Waals surface area contributed by atoms with Gasteiger partial charge in [-0.25, -0.2) is 9.67 Å². The molecule has 2 saturated heterocycles. The van der Waals surface area contributed by atoms with Crippen molar-refractivity contribution in [3.63, 3.8) is 0 Å². The molecule has 2 fully saturated rings. The maximum Gasteiger partial charge on any atom is 0.254 e. The van der Waals surface area contributed by atoms with Crippen molar-refractivity contribution < 1.29 is 14.3 Å². The van der Waals surface area contributed by atoms with Gasteiger partial charge in [0, 0.05) is 50.9 Å². The fourth-order valence-electron chi connectivity index (χ4n) is 4.71. The molecule has 0 spiro atoms. The number of pyridine rings is 1. The Labute approximate surface area is 205 Å². The molecule has 0 atom stereocenters. The molecular weight excluding hydrogens is 444 g/mol. The van der Waals surface area contributed by atoms with Crippen molar-refractivity contribution in [1.29, 1.82) is 0 Å². The van der Waals surface area contributed by atoms with E-state index in [1.54, 1.807) is 6.20 Å². The maximum atomic E-state index is 13.7. The van der Waals surface area contributed by atoms with Crippen LogP contribution in [0.2, 0.25) is 0 Å². The molecule has 2 aliphatic heterocycles. The number of morpholine rings is 1. The van der Waals surface area contributed by atoms with E-state index in [2.05, 4.69) is 23.8 Å². The van der Waals surface area contributed by atoms with E-state index in [1.165, 1.54) is 0 Å². The second-order valence-electron chi connectivity index (χ2n) is 9.40. The zero-order chi connectivity index (χ0) is 24.4. The Bertz CT molecular complexity index is 1190. The summed E-state index contributed by atoms with van der Waals surface area (Å²) in [5.74, 6) is 0.120. The van der Waals surface area contributed by atoms with Crippen LogP contribution in [0.1, 0.15) is 30.2 Å². The first-order valence-corrected chi connectivity index (χ1v) is 12.3. The lowest BCUT2D eigenvalue weighted by molar-refractivity contribution is -0.136. The van der Waals surface area contributed by atoms with Crippen LogP contribution in [0.4, 0.5) is 0 Å². The second kappa shape index (κ2) is 10.1. The molecule has 9 heteroatoms. The number of ether oxygens (including phenoxy) is 1. The third kappa shape index (κ3) is 4.92. The number of nitrogens with zero attached hydrogens (tertiary/aromatic N) is 6. The Hall–Kier alpha value is -3.30. The van der Waals surface area contributed by atoms with Crippen LogP contribution in [-0.4, -0.2) is 100 Å². The predicted molar refractivity (Wildman–Crippen MR) is 133 cm³/mol. The summed E-state index contributed by atoms with van der Waals surface area (Å²) < 4.78 is 7.21. The summed E-state index contributed by atoms with van der Waals surface area (Å²) in [5, 5.41) is 5.30. The minimum atomic E-state index is -0.0166. The fourth-order valence-corrected chi connectivity index (χ4v) is 4.71. The maximum absolute atomic E-state index is 13.7. The van der Waals surface area contributed by atoms with Gasteiger partial charge in [-0.3, -0.25) is 14.5 Å². The minimum absolute atomic E-state index is 0.0166. The molecule has 5 rings (SSSR count). The molecule has 0 radical (unpaired) electrons. The summed E-state index contributed by atoms with van der Waals surface area (Å²) in [7, 11) is 0. The highest BCUT2D eigenvalue weighted by Crippen LogP contribution is 2.27. The van der Waals surface area contributed by atoms with Gasteiger partial charge in [0.05, 0.1) is 42.6 Å². The van der Waals surface area contributed by atoms with Crippen molar-refractivity contribution in [2.45, 2.75) is 19.9 Å². The number of carbonyl (C=O) groups is 2. The van der Waals surface area contributed by atoms with Crippen LogP contribution in [0.5, 0.6) is 0 Å². The smallest absolute Gasteiger partial charge is 0.254 e. The highest BCUT2D eigenvalue weighted by Gasteiger charge is 2.27. The first-order valence-electron chi connectivity index (χ1n) is 12.3. The molecule has 0 bridgehead atoms. The van der Waals surface area contributed by atoms with E-state index in [0.29, 0.717) is 64.6 Å². The number of aromatic nitrogens is 3. The van der Waals surface area contributed by atoms with E-state index < -0.39 is 0 Å². The molecule has 9 nitrogen and oxygen atoms in total. The summed E-state index contributed by atoms with van der Waals surface area (Å²) >= 11 is 0. The first kappa shape index (κ1) is 23.4. The van der Waals surface area contributed by atoms with E-state index in [0.717, 1.165) is 22.3 Å². The number of hydrogen-bond donors (Lipinski definition) is 0. The van der Waals surface area contributed by atoms with E-state index in [1.807, 2.05) is 50.9 Å². The fraction of sp³-hybridized carbons (Fsp3) is 0.462. The Morgan fingerprint density at radius 1 is 0.971 bits per heavy atom. The summed E-state index contributed by atoms with van der Waals surface area (Å²) in [5.41, 5.74) is 3.07. The van der Waals surface area contributed by atoms with Crippen molar-refractivity contribution in [3.05, 3.63) is 48.2 Å². The molecule has 2 aromatic heterocycles. The summed E-state index contributed by atoms with van der Waals surface area (Å²) in [6.45, 7) is 9.53. The number of carbonyl (C=O) groups excluding carboxylic acids is 2. The topological polar surface area (TPSA) is 83.8 Å². The lowest BCUT2D eigenvalue weighted by atomic mass is 10.1. The van der Waals surface area contributed by atoms with Crippen LogP contribution >= 0.6 is 0 Å². The molecule has 3 aromatic rings. The van der Waals surface area contributed by atoms with Gasteiger partial charge in [-0.05, 0) is 19.9 Å². The third-order valence-electron chi connectivity index (χ3n) is 6.74. The zero-order valence-corrected chi connectivity index (χ0v) is 20.4. The molecule has 0 aliphatic carbocycles. The number of piperazine rings is 1. The Balaban J connectivity index is 1.34. The highest BCUT2D eigenvalue weighted by atomic mass is 16.5. The average Bonchev–Trinajstić information content (AvgIpc) is 3.34. The minimum Gasteiger partial charge on any atom is -0.378 e. The van der Waals surface area contributed by atoms with Crippen LogP contribution in [0.3, 0.4) is 0 Å². The van der Waals surface area contributed by atoms with Crippen LogP contribution < -0.4 is 0 Å². The van der Waals surface area contributed by atoms with Crippen LogP contribution in [0, 0.1) is 0 Å². The molecule has 2 aliphatic rings. The monoisotopic (exact) mass is 476 g/mol. The van der Waals surface area contributed by atoms with Crippen LogP contribution in [0.25, 0.3) is 22.3 Å². The quantitative estimate of drug-likeness (QED) is 0.562. The predicted octanol–water partition coefficient (Wildman–Crippen LogP) is 2.30. The first-order chi connectivity index (χ1) is 17.0. The molecule has 184 valence electrons. The largest absolute Gasteiger partial charge is 0.378 e. The van der Waals surface area contributed by atoms with Crippen LogP contribution in [-0.2, 0) is 9.53 Å². The van der Waals surface area contributed by atoms with Gasteiger partial charge in [-0.2, -0.15) is 5.10 Å². The number of rotatable bonds is 5. The molecule has 35 heavy (non-hydrogen) atoms. The van der Waals surface area contributed by atoms with E-state index in [-0.39, 0.29) is 17.9 Å². The van der Waals surface area contributed by atoms with Gasteiger partial charge in [0.15, 0.2) is 5.65 Å². The zero-order valence-electron chi connectivity index (χ0n) is 20.4. The van der Waals surface area contributed by atoms with Crippen LogP contribution in [0.15, 0.2) is 42.6 Å². The standard InChI is InChI=1S/C26H32N6O3/c1-19(2)32-25-22(17-27-32)21(16-23(28-25)20-6-4-3-5-7-20)26(34)31-10-8-29(9-11-31)18-24(33)30-12-14-35-15-13-30/h3-7,16-17,19H,8-15,18H2,1-2H3. The van der Waals surface area contributed by atoms with Gasteiger partial charge in [-0.15, -0.1) is 0 Å². The molecule has 4 heterocycles. The van der Waals surface area contributed by atoms with Crippen molar-refractivity contribution in [3.8, 4) is 11.3 Å². The second-order valence-corrected chi connectivity index (χ2v) is 9.40. The van der Waals surface area contributed by atoms with Crippen molar-refractivity contribution >= 4 is 22.8 Å². The molecule has 1 aromatic carbocycles. The van der Waals surface area contributed by atoms with Crippen molar-refractivity contribution in [2.75, 3.05) is 59.0 Å². The van der Waals surface area contributed by atoms with Gasteiger partial charge < -0.3 is 14.5 Å². The number of amides is 2. The Kier molecular flexibility index (Phi) is 6.79. The van der Waals surface area contributed by atoms with Crippen molar-refractivity contribution in [1.82, 2.24) is 29.5 Å². The van der Waals surface area contributed by atoms with E-state index >= 15 is 0 Å². The van der Waals surface area contributed by atoms with Gasteiger partial charge in [0.1, 0.15) is 0 Å². The van der Waals surface area contributed by atoms with E-state index in [9.17, 15) is 9.59 Å². The van der Waals surface area contributed by atoms with Gasteiger partial charge in [-0.1, -0.05) is 30.3 Å². The lowest BCUT2D eigenvalue weighted by Gasteiger charge is -2.36. The molecule has 0 unspecified atom stereocenters. The van der Waals surface area contributed by atoms with Gasteiger partial charge >= 0.3 is 0 Å². The summed E-state index contributed by atoms with van der Waals surface area (Å²) in [6, 6.07) is 11.9. The Morgan fingerprint density at radius 3 is 2.37 bits per heavy atom. The molecule has 2 amide bonds. The molecule has 0 N–H and O–H groups in total. The third-order valence-corrected chi connectivity index (χ3v) is 6.74. The number of benzene rings is 1. The van der Waals surface area contributed by atoms with Gasteiger partial charge in [0.25, 0.3) is 5.91 Å². The molecule has 0 saturated carbocycles. The Morgan fingerprint density at radius 2 is 1.69 bits per heavy atom. The average molecular weight is 477 g/mol. The number of hydrogen-bond acceptors (Lipinski definition) is 6. The molecular formula is C26H32N6O3. The van der Waals surface area contributed by atoms with Gasteiger partial charge in [0.2, 0.25) is 5.91 Å². The summed E-state index contributed by atoms with van der Waals surface area (Å²) in [4.78, 5) is 37.1. The normalized spacial score (nSPS) is 17.3. The summed E-state index contributed by atoms with van der Waals surface area (Å²) in [6.07, 6.45) is 1.75. The van der Waals surface area contributed by atoms with Crippen molar-refractivity contribution in [2.24, 2.45) is 0 Å². The highest BCUT2D eigenvalue weighted by molar-refractivity contribution is 6.06. The number of fused-ring (bicyclic) bond motifs is 1. The lowest BCUT2D eigenvalue weighted by Crippen LogP contribution is -2.52.